The van der Waals surface area contributed by atoms with Crippen LogP contribution in [0.1, 0.15) is 59.1 Å². The second kappa shape index (κ2) is 13.1. The van der Waals surface area contributed by atoms with E-state index < -0.39 is 22.0 Å². The molecule has 0 aromatic heterocycles. The van der Waals surface area contributed by atoms with Crippen LogP contribution in [0.15, 0.2) is 54.6 Å². The van der Waals surface area contributed by atoms with Gasteiger partial charge in [-0.15, -0.1) is 0 Å². The van der Waals surface area contributed by atoms with E-state index in [1.54, 1.807) is 12.1 Å². The van der Waals surface area contributed by atoms with Crippen molar-refractivity contribution in [3.05, 3.63) is 65.7 Å². The van der Waals surface area contributed by atoms with Crippen molar-refractivity contribution in [1.29, 1.82) is 0 Å². The van der Waals surface area contributed by atoms with Crippen LogP contribution in [-0.4, -0.2) is 57.1 Å². The van der Waals surface area contributed by atoms with Crippen molar-refractivity contribution in [2.45, 2.75) is 65.8 Å². The largest absolute Gasteiger partial charge is 0.354 e. The summed E-state index contributed by atoms with van der Waals surface area (Å²) in [6, 6.07) is 16.3. The van der Waals surface area contributed by atoms with Crippen LogP contribution in [0.5, 0.6) is 0 Å². The first-order valence-electron chi connectivity index (χ1n) is 12.9. The van der Waals surface area contributed by atoms with Gasteiger partial charge in [0.2, 0.25) is 21.8 Å². The Hall–Kier alpha value is -2.87. The van der Waals surface area contributed by atoms with E-state index in [-0.39, 0.29) is 23.8 Å². The Morgan fingerprint density at radius 2 is 1.57 bits per heavy atom. The summed E-state index contributed by atoms with van der Waals surface area (Å²) >= 11 is 0. The molecule has 37 heavy (non-hydrogen) atoms. The lowest BCUT2D eigenvalue weighted by Crippen LogP contribution is -2.53. The molecule has 1 atom stereocenters. The fourth-order valence-electron chi connectivity index (χ4n) is 4.06. The molecule has 0 spiro atoms. The third-order valence-corrected chi connectivity index (χ3v) is 7.40. The summed E-state index contributed by atoms with van der Waals surface area (Å²) in [4.78, 5) is 28.3. The zero-order chi connectivity index (χ0) is 27.8. The third-order valence-electron chi connectivity index (χ3n) is 6.26. The van der Waals surface area contributed by atoms with E-state index >= 15 is 0 Å². The van der Waals surface area contributed by atoms with E-state index in [9.17, 15) is 18.0 Å². The lowest BCUT2D eigenvalue weighted by Gasteiger charge is -2.33. The molecule has 1 N–H and O–H groups in total. The smallest absolute Gasteiger partial charge is 0.244 e. The van der Waals surface area contributed by atoms with Crippen molar-refractivity contribution < 1.29 is 18.0 Å². The second-order valence-electron chi connectivity index (χ2n) is 11.0. The first kappa shape index (κ1) is 30.4. The third kappa shape index (κ3) is 9.18. The number of hydrogen-bond donors (Lipinski definition) is 1. The Bertz CT molecular complexity index is 1120. The van der Waals surface area contributed by atoms with E-state index in [2.05, 4.69) is 26.1 Å². The molecule has 0 aliphatic rings. The lowest BCUT2D eigenvalue weighted by atomic mass is 9.87. The maximum absolute atomic E-state index is 13.7. The van der Waals surface area contributed by atoms with Crippen LogP contribution < -0.4 is 9.62 Å². The summed E-state index contributed by atoms with van der Waals surface area (Å²) < 4.78 is 26.7. The average Bonchev–Trinajstić information content (AvgIpc) is 2.83. The van der Waals surface area contributed by atoms with Crippen molar-refractivity contribution in [3.8, 4) is 0 Å². The normalized spacial score (nSPS) is 12.8. The van der Waals surface area contributed by atoms with Gasteiger partial charge in [-0.3, -0.25) is 13.9 Å². The number of sulfonamides is 1. The van der Waals surface area contributed by atoms with Gasteiger partial charge in [-0.2, -0.15) is 0 Å². The van der Waals surface area contributed by atoms with Gasteiger partial charge in [0.25, 0.3) is 0 Å². The summed E-state index contributed by atoms with van der Waals surface area (Å²) in [5.74, 6) is -0.363. The van der Waals surface area contributed by atoms with Gasteiger partial charge in [0.1, 0.15) is 12.6 Å². The summed E-state index contributed by atoms with van der Waals surface area (Å²) in [6.45, 7) is 12.6. The van der Waals surface area contributed by atoms with E-state index in [1.165, 1.54) is 4.90 Å². The topological polar surface area (TPSA) is 86.8 Å². The predicted molar refractivity (Wildman–Crippen MR) is 151 cm³/mol. The average molecular weight is 530 g/mol. The molecule has 0 saturated carbocycles. The molecule has 204 valence electrons. The molecule has 0 aliphatic carbocycles. The molecule has 2 aromatic rings. The van der Waals surface area contributed by atoms with Gasteiger partial charge in [0.15, 0.2) is 0 Å². The lowest BCUT2D eigenvalue weighted by molar-refractivity contribution is -0.139. The van der Waals surface area contributed by atoms with Gasteiger partial charge in [-0.1, -0.05) is 84.0 Å². The van der Waals surface area contributed by atoms with Crippen LogP contribution in [0.3, 0.4) is 0 Å². The standard InChI is InChI=1S/C29H43N3O4S/c1-8-26(28(34)30-20-22(2)3)31(19-18-23-12-10-9-11-13-23)27(33)21-32(37(7,35)36)25-16-14-24(15-17-25)29(4,5)6/h9-17,22,26H,8,18-21H2,1-7H3,(H,30,34)/t26-/m1/s1. The number of rotatable bonds is 12. The van der Waals surface area contributed by atoms with Crippen LogP contribution in [0.2, 0.25) is 0 Å². The van der Waals surface area contributed by atoms with Crippen molar-refractivity contribution in [2.24, 2.45) is 5.92 Å². The predicted octanol–water partition coefficient (Wildman–Crippen LogP) is 4.37. The molecule has 2 aromatic carbocycles. The Kier molecular flexibility index (Phi) is 10.7. The highest BCUT2D eigenvalue weighted by atomic mass is 32.2. The molecule has 0 radical (unpaired) electrons. The number of carbonyl (C=O) groups is 2. The Labute approximate surface area is 223 Å². The molecule has 7 nitrogen and oxygen atoms in total. The number of amides is 2. The quantitative estimate of drug-likeness (QED) is 0.442. The molecule has 8 heteroatoms. The van der Waals surface area contributed by atoms with Gasteiger partial charge in [-0.05, 0) is 47.4 Å². The summed E-state index contributed by atoms with van der Waals surface area (Å²) in [7, 11) is -3.75. The Morgan fingerprint density at radius 1 is 0.973 bits per heavy atom. The molecular weight excluding hydrogens is 486 g/mol. The Balaban J connectivity index is 2.36. The van der Waals surface area contributed by atoms with Crippen LogP contribution in [0.4, 0.5) is 5.69 Å². The number of nitrogens with zero attached hydrogens (tertiary/aromatic N) is 2. The maximum atomic E-state index is 13.7. The Morgan fingerprint density at radius 3 is 2.05 bits per heavy atom. The van der Waals surface area contributed by atoms with Crippen LogP contribution >= 0.6 is 0 Å². The van der Waals surface area contributed by atoms with Crippen LogP contribution in [0.25, 0.3) is 0 Å². The molecule has 0 bridgehead atoms. The molecule has 0 fully saturated rings. The van der Waals surface area contributed by atoms with Gasteiger partial charge < -0.3 is 10.2 Å². The zero-order valence-electron chi connectivity index (χ0n) is 23.3. The fourth-order valence-corrected chi connectivity index (χ4v) is 4.91. The van der Waals surface area contributed by atoms with Gasteiger partial charge in [0.05, 0.1) is 11.9 Å². The monoisotopic (exact) mass is 529 g/mol. The highest BCUT2D eigenvalue weighted by molar-refractivity contribution is 7.92. The SMILES string of the molecule is CC[C@H](C(=O)NCC(C)C)N(CCc1ccccc1)C(=O)CN(c1ccc(C(C)(C)C)cc1)S(C)(=O)=O. The minimum atomic E-state index is -3.75. The van der Waals surface area contributed by atoms with Crippen molar-refractivity contribution in [1.82, 2.24) is 10.2 Å². The van der Waals surface area contributed by atoms with Crippen molar-refractivity contribution in [2.75, 3.05) is 30.2 Å². The summed E-state index contributed by atoms with van der Waals surface area (Å²) in [5.41, 5.74) is 2.43. The van der Waals surface area contributed by atoms with Crippen molar-refractivity contribution >= 4 is 27.5 Å². The number of nitrogens with one attached hydrogen (secondary N) is 1. The highest BCUT2D eigenvalue weighted by Gasteiger charge is 2.31. The maximum Gasteiger partial charge on any atom is 0.244 e. The number of anilines is 1. The molecule has 0 unspecified atom stereocenters. The first-order valence-corrected chi connectivity index (χ1v) is 14.8. The molecule has 0 heterocycles. The minimum absolute atomic E-state index is 0.0871. The molecule has 2 rings (SSSR count). The summed E-state index contributed by atoms with van der Waals surface area (Å²) in [6.07, 6.45) is 2.07. The summed E-state index contributed by atoms with van der Waals surface area (Å²) in [5, 5.41) is 2.94. The van der Waals surface area contributed by atoms with E-state index in [0.717, 1.165) is 21.7 Å². The van der Waals surface area contributed by atoms with Crippen LogP contribution in [0, 0.1) is 5.92 Å². The number of hydrogen-bond acceptors (Lipinski definition) is 4. The van der Waals surface area contributed by atoms with Crippen molar-refractivity contribution in [3.63, 3.8) is 0 Å². The van der Waals surface area contributed by atoms with Gasteiger partial charge in [0, 0.05) is 13.1 Å². The van der Waals surface area contributed by atoms with E-state index in [0.29, 0.717) is 31.6 Å². The molecule has 2 amide bonds. The van der Waals surface area contributed by atoms with E-state index in [4.69, 9.17) is 0 Å². The number of benzene rings is 2. The molecule has 0 saturated heterocycles. The van der Waals surface area contributed by atoms with E-state index in [1.807, 2.05) is 63.2 Å². The zero-order valence-corrected chi connectivity index (χ0v) is 24.1. The first-order chi connectivity index (χ1) is 17.2. The van der Waals surface area contributed by atoms with Gasteiger partial charge in [-0.25, -0.2) is 8.42 Å². The second-order valence-corrected chi connectivity index (χ2v) is 12.9. The number of carbonyl (C=O) groups excluding carboxylic acids is 2. The molecule has 0 aliphatic heterocycles. The minimum Gasteiger partial charge on any atom is -0.354 e. The fraction of sp³-hybridized carbons (Fsp3) is 0.517. The van der Waals surface area contributed by atoms with Gasteiger partial charge >= 0.3 is 0 Å². The highest BCUT2D eigenvalue weighted by Crippen LogP contribution is 2.26. The molecular formula is C29H43N3O4S. The van der Waals surface area contributed by atoms with Crippen LogP contribution in [-0.2, 0) is 31.4 Å².